The van der Waals surface area contributed by atoms with Gasteiger partial charge in [0, 0.05) is 30.5 Å². The summed E-state index contributed by atoms with van der Waals surface area (Å²) in [4.78, 5) is 12.9. The number of nitrogens with one attached hydrogen (secondary N) is 1. The predicted molar refractivity (Wildman–Crippen MR) is 120 cm³/mol. The summed E-state index contributed by atoms with van der Waals surface area (Å²) in [6, 6.07) is 20.5. The molecule has 1 N–H and O–H groups in total. The Hall–Kier alpha value is -3.27. The molecule has 4 aromatic rings. The molecule has 0 fully saturated rings. The van der Waals surface area contributed by atoms with E-state index in [2.05, 4.69) is 60.3 Å². The first-order valence-electron chi connectivity index (χ1n) is 10.7. The Labute approximate surface area is 177 Å². The van der Waals surface area contributed by atoms with E-state index in [0.717, 1.165) is 24.3 Å². The van der Waals surface area contributed by atoms with Crippen LogP contribution < -0.4 is 5.32 Å². The molecule has 4 nitrogen and oxygen atoms in total. The molecule has 2 aromatic carbocycles. The molecule has 0 bridgehead atoms. The van der Waals surface area contributed by atoms with E-state index < -0.39 is 0 Å². The van der Waals surface area contributed by atoms with Gasteiger partial charge in [0.25, 0.3) is 0 Å². The van der Waals surface area contributed by atoms with Crippen LogP contribution in [0.5, 0.6) is 0 Å². The molecule has 1 amide bonds. The van der Waals surface area contributed by atoms with Crippen molar-refractivity contribution in [3.8, 4) is 0 Å². The normalized spacial score (nSPS) is 12.2. The van der Waals surface area contributed by atoms with Crippen molar-refractivity contribution < 1.29 is 9.21 Å². The lowest BCUT2D eigenvalue weighted by atomic mass is 9.87. The lowest BCUT2D eigenvalue weighted by Crippen LogP contribution is -2.24. The quantitative estimate of drug-likeness (QED) is 0.415. The fourth-order valence-electron chi connectivity index (χ4n) is 4.23. The van der Waals surface area contributed by atoms with E-state index in [1.54, 1.807) is 6.26 Å². The Balaban J connectivity index is 1.71. The lowest BCUT2D eigenvalue weighted by Gasteiger charge is -2.17. The van der Waals surface area contributed by atoms with Crippen LogP contribution in [0.4, 0.5) is 0 Å². The van der Waals surface area contributed by atoms with Crippen LogP contribution in [-0.2, 0) is 24.3 Å². The molecule has 0 saturated heterocycles. The fourth-order valence-corrected chi connectivity index (χ4v) is 4.23. The molecule has 2 heterocycles. The maximum atomic E-state index is 12.9. The summed E-state index contributed by atoms with van der Waals surface area (Å²) in [5.41, 5.74) is 4.99. The Morgan fingerprint density at radius 3 is 2.57 bits per heavy atom. The molecule has 30 heavy (non-hydrogen) atoms. The lowest BCUT2D eigenvalue weighted by molar-refractivity contribution is -0.121. The van der Waals surface area contributed by atoms with Gasteiger partial charge < -0.3 is 14.3 Å². The number of para-hydroxylation sites is 1. The van der Waals surface area contributed by atoms with Crippen molar-refractivity contribution in [2.24, 2.45) is 0 Å². The fraction of sp³-hybridized carbons (Fsp3) is 0.269. The average Bonchev–Trinajstić information content (AvgIpc) is 3.44. The summed E-state index contributed by atoms with van der Waals surface area (Å²) in [6.45, 7) is 5.67. The molecule has 1 atom stereocenters. The van der Waals surface area contributed by atoms with E-state index in [4.69, 9.17) is 4.42 Å². The van der Waals surface area contributed by atoms with Crippen molar-refractivity contribution >= 4 is 16.8 Å². The third kappa shape index (κ3) is 4.04. The van der Waals surface area contributed by atoms with Gasteiger partial charge in [-0.3, -0.25) is 4.79 Å². The molecule has 0 aliphatic rings. The van der Waals surface area contributed by atoms with Crippen molar-refractivity contribution in [3.63, 3.8) is 0 Å². The van der Waals surface area contributed by atoms with Crippen molar-refractivity contribution in [1.29, 1.82) is 0 Å². The molecular weight excluding hydrogens is 372 g/mol. The number of aryl methyl sites for hydroxylation is 2. The van der Waals surface area contributed by atoms with Gasteiger partial charge in [-0.25, -0.2) is 0 Å². The summed E-state index contributed by atoms with van der Waals surface area (Å²) in [7, 11) is 0. The van der Waals surface area contributed by atoms with Gasteiger partial charge in [-0.15, -0.1) is 0 Å². The number of rotatable bonds is 8. The summed E-state index contributed by atoms with van der Waals surface area (Å²) < 4.78 is 7.66. The Kier molecular flexibility index (Phi) is 6.03. The number of aromatic nitrogens is 1. The number of hydrogen-bond acceptors (Lipinski definition) is 2. The molecule has 154 valence electrons. The van der Waals surface area contributed by atoms with Gasteiger partial charge in [-0.2, -0.15) is 0 Å². The van der Waals surface area contributed by atoms with E-state index in [0.29, 0.717) is 13.0 Å². The number of nitrogens with zero attached hydrogens (tertiary/aromatic N) is 1. The number of hydrogen-bond donors (Lipinski definition) is 1. The van der Waals surface area contributed by atoms with Crippen LogP contribution >= 0.6 is 0 Å². The summed E-state index contributed by atoms with van der Waals surface area (Å²) in [5, 5.41) is 4.25. The summed E-state index contributed by atoms with van der Waals surface area (Å²) >= 11 is 0. The van der Waals surface area contributed by atoms with Crippen LogP contribution in [0.2, 0.25) is 0 Å². The van der Waals surface area contributed by atoms with Gasteiger partial charge in [0.05, 0.1) is 18.3 Å². The van der Waals surface area contributed by atoms with Crippen molar-refractivity contribution in [1.82, 2.24) is 9.88 Å². The standard InChI is InChI=1S/C26H28N2O2/c1-3-19-12-8-14-22-24(18-28(4-2)26(19)22)23(20-10-6-5-7-11-20)16-25(29)27-17-21-13-9-15-30-21/h5-15,18,23H,3-4,16-17H2,1-2H3,(H,27,29)/t23-/m1/s1. The molecule has 4 heteroatoms. The molecule has 4 rings (SSSR count). The topological polar surface area (TPSA) is 47.2 Å². The highest BCUT2D eigenvalue weighted by Crippen LogP contribution is 2.36. The second-order valence-electron chi connectivity index (χ2n) is 7.56. The van der Waals surface area contributed by atoms with Crippen LogP contribution in [0.25, 0.3) is 10.9 Å². The minimum Gasteiger partial charge on any atom is -0.467 e. The summed E-state index contributed by atoms with van der Waals surface area (Å²) in [5.74, 6) is 0.768. The maximum Gasteiger partial charge on any atom is 0.221 e. The number of furan rings is 1. The summed E-state index contributed by atoms with van der Waals surface area (Å²) in [6.07, 6.45) is 5.24. The SMILES string of the molecule is CCc1cccc2c([C@H](CC(=O)NCc3ccco3)c3ccccc3)cn(CC)c12. The second-order valence-corrected chi connectivity index (χ2v) is 7.56. The first-order chi connectivity index (χ1) is 14.7. The van der Waals surface area contributed by atoms with Gasteiger partial charge in [0.2, 0.25) is 5.91 Å². The third-order valence-electron chi connectivity index (χ3n) is 5.74. The van der Waals surface area contributed by atoms with Gasteiger partial charge in [0.1, 0.15) is 5.76 Å². The van der Waals surface area contributed by atoms with Gasteiger partial charge >= 0.3 is 0 Å². The zero-order valence-electron chi connectivity index (χ0n) is 17.6. The van der Waals surface area contributed by atoms with E-state index >= 15 is 0 Å². The molecular formula is C26H28N2O2. The predicted octanol–water partition coefficient (Wildman–Crippen LogP) is 5.66. The molecule has 2 aromatic heterocycles. The highest BCUT2D eigenvalue weighted by Gasteiger charge is 2.23. The number of carbonyl (C=O) groups excluding carboxylic acids is 1. The van der Waals surface area contributed by atoms with E-state index in [-0.39, 0.29) is 11.8 Å². The smallest absolute Gasteiger partial charge is 0.221 e. The van der Waals surface area contributed by atoms with Crippen molar-refractivity contribution in [2.75, 3.05) is 0 Å². The number of benzene rings is 2. The van der Waals surface area contributed by atoms with Gasteiger partial charge in [0.15, 0.2) is 0 Å². The average molecular weight is 401 g/mol. The minimum absolute atomic E-state index is 0.00907. The maximum absolute atomic E-state index is 12.9. The second kappa shape index (κ2) is 9.04. The largest absolute Gasteiger partial charge is 0.467 e. The Bertz CT molecular complexity index is 1110. The highest BCUT2D eigenvalue weighted by molar-refractivity contribution is 5.89. The molecule has 0 aliphatic heterocycles. The van der Waals surface area contributed by atoms with E-state index in [9.17, 15) is 4.79 Å². The van der Waals surface area contributed by atoms with Crippen LogP contribution in [0, 0.1) is 0 Å². The van der Waals surface area contributed by atoms with Gasteiger partial charge in [-0.1, -0.05) is 55.5 Å². The molecule has 0 unspecified atom stereocenters. The Morgan fingerprint density at radius 2 is 1.87 bits per heavy atom. The van der Waals surface area contributed by atoms with Gasteiger partial charge in [-0.05, 0) is 42.2 Å². The monoisotopic (exact) mass is 400 g/mol. The van der Waals surface area contributed by atoms with E-state index in [1.165, 1.54) is 22.0 Å². The van der Waals surface area contributed by atoms with E-state index in [1.807, 2.05) is 30.3 Å². The van der Waals surface area contributed by atoms with Crippen molar-refractivity contribution in [3.05, 3.63) is 95.6 Å². The number of amides is 1. The molecule has 0 radical (unpaired) electrons. The molecule has 0 saturated carbocycles. The highest BCUT2D eigenvalue weighted by atomic mass is 16.3. The number of carbonyl (C=O) groups is 1. The van der Waals surface area contributed by atoms with Crippen LogP contribution in [-0.4, -0.2) is 10.5 Å². The number of fused-ring (bicyclic) bond motifs is 1. The zero-order chi connectivity index (χ0) is 20.9. The van der Waals surface area contributed by atoms with Crippen molar-refractivity contribution in [2.45, 2.75) is 45.7 Å². The minimum atomic E-state index is -0.00907. The molecule has 0 aliphatic carbocycles. The first-order valence-corrected chi connectivity index (χ1v) is 10.7. The van der Waals surface area contributed by atoms with Crippen LogP contribution in [0.1, 0.15) is 48.6 Å². The first kappa shape index (κ1) is 20.0. The molecule has 0 spiro atoms. The van der Waals surface area contributed by atoms with Crippen LogP contribution in [0.3, 0.4) is 0 Å². The third-order valence-corrected chi connectivity index (χ3v) is 5.74. The van der Waals surface area contributed by atoms with Crippen LogP contribution in [0.15, 0.2) is 77.5 Å². The zero-order valence-corrected chi connectivity index (χ0v) is 17.6. The Morgan fingerprint density at radius 1 is 1.03 bits per heavy atom.